The molecule has 0 bridgehead atoms. The largest absolute Gasteiger partial charge is 0.338 e. The Morgan fingerprint density at radius 1 is 0.850 bits per heavy atom. The van der Waals surface area contributed by atoms with Crippen molar-refractivity contribution < 1.29 is 17.6 Å². The summed E-state index contributed by atoms with van der Waals surface area (Å²) < 4.78 is 54.0. The standard InChI is InChI=1S/C13H5BrF4N2/c14-5-1-8(17)12(9(18)2-5)13-19-10-3-6(15)7(16)4-11(10)20-13/h1-4H,(H,19,20). The Hall–Kier alpha value is -1.89. The molecule has 2 aromatic carbocycles. The number of rotatable bonds is 1. The summed E-state index contributed by atoms with van der Waals surface area (Å²) in [6.07, 6.45) is 0. The minimum absolute atomic E-state index is 0.0839. The zero-order valence-electron chi connectivity index (χ0n) is 9.65. The van der Waals surface area contributed by atoms with Crippen LogP contribution in [0.3, 0.4) is 0 Å². The highest BCUT2D eigenvalue weighted by atomic mass is 79.9. The van der Waals surface area contributed by atoms with Gasteiger partial charge in [-0.3, -0.25) is 0 Å². The molecule has 102 valence electrons. The van der Waals surface area contributed by atoms with E-state index in [2.05, 4.69) is 25.9 Å². The third-order valence-corrected chi connectivity index (χ3v) is 3.23. The number of hydrogen-bond donors (Lipinski definition) is 1. The Labute approximate surface area is 118 Å². The smallest absolute Gasteiger partial charge is 0.161 e. The second-order valence-corrected chi connectivity index (χ2v) is 5.03. The van der Waals surface area contributed by atoms with E-state index in [1.165, 1.54) is 0 Å². The van der Waals surface area contributed by atoms with Crippen LogP contribution in [-0.4, -0.2) is 9.97 Å². The minimum Gasteiger partial charge on any atom is -0.338 e. The highest BCUT2D eigenvalue weighted by Crippen LogP contribution is 2.29. The number of nitrogens with zero attached hydrogens (tertiary/aromatic N) is 1. The summed E-state index contributed by atoms with van der Waals surface area (Å²) in [7, 11) is 0. The third-order valence-electron chi connectivity index (χ3n) is 2.77. The SMILES string of the molecule is Fc1cc2nc(-c3c(F)cc(Br)cc3F)[nH]c2cc1F. The van der Waals surface area contributed by atoms with Crippen molar-refractivity contribution in [2.75, 3.05) is 0 Å². The van der Waals surface area contributed by atoms with Crippen LogP contribution >= 0.6 is 15.9 Å². The Kier molecular flexibility index (Phi) is 3.01. The van der Waals surface area contributed by atoms with Crippen LogP contribution in [0.15, 0.2) is 28.7 Å². The van der Waals surface area contributed by atoms with Crippen molar-refractivity contribution in [1.29, 1.82) is 0 Å². The van der Waals surface area contributed by atoms with E-state index < -0.39 is 23.3 Å². The fourth-order valence-electron chi connectivity index (χ4n) is 1.89. The van der Waals surface area contributed by atoms with Crippen molar-refractivity contribution in [1.82, 2.24) is 9.97 Å². The van der Waals surface area contributed by atoms with Crippen LogP contribution in [0.5, 0.6) is 0 Å². The Morgan fingerprint density at radius 2 is 1.45 bits per heavy atom. The molecule has 3 aromatic rings. The number of aromatic amines is 1. The number of benzene rings is 2. The first-order chi connectivity index (χ1) is 9.45. The van der Waals surface area contributed by atoms with Gasteiger partial charge in [-0.2, -0.15) is 0 Å². The molecule has 20 heavy (non-hydrogen) atoms. The Bertz CT molecular complexity index is 767. The predicted molar refractivity (Wildman–Crippen MR) is 69.1 cm³/mol. The number of fused-ring (bicyclic) bond motifs is 1. The first-order valence-corrected chi connectivity index (χ1v) is 6.24. The molecule has 3 rings (SSSR count). The monoisotopic (exact) mass is 344 g/mol. The van der Waals surface area contributed by atoms with E-state index in [-0.39, 0.29) is 26.9 Å². The predicted octanol–water partition coefficient (Wildman–Crippen LogP) is 4.55. The van der Waals surface area contributed by atoms with Gasteiger partial charge < -0.3 is 4.98 Å². The maximum Gasteiger partial charge on any atom is 0.161 e. The summed E-state index contributed by atoms with van der Waals surface area (Å²) in [5.74, 6) is -3.95. The quantitative estimate of drug-likeness (QED) is 0.644. The Balaban J connectivity index is 2.25. The molecule has 0 fully saturated rings. The van der Waals surface area contributed by atoms with E-state index in [0.717, 1.165) is 24.3 Å². The van der Waals surface area contributed by atoms with Gasteiger partial charge in [0, 0.05) is 16.6 Å². The van der Waals surface area contributed by atoms with Crippen molar-refractivity contribution >= 4 is 27.0 Å². The van der Waals surface area contributed by atoms with Crippen molar-refractivity contribution in [2.45, 2.75) is 0 Å². The molecule has 2 nitrogen and oxygen atoms in total. The van der Waals surface area contributed by atoms with Crippen molar-refractivity contribution in [2.24, 2.45) is 0 Å². The molecule has 0 amide bonds. The van der Waals surface area contributed by atoms with Gasteiger partial charge in [-0.05, 0) is 12.1 Å². The minimum atomic E-state index is -1.08. The number of halogens is 5. The lowest BCUT2D eigenvalue weighted by Gasteiger charge is -2.02. The molecular formula is C13H5BrF4N2. The lowest BCUT2D eigenvalue weighted by molar-refractivity contribution is 0.510. The normalized spacial score (nSPS) is 11.2. The van der Waals surface area contributed by atoms with Gasteiger partial charge in [0.25, 0.3) is 0 Å². The van der Waals surface area contributed by atoms with Gasteiger partial charge in [0.05, 0.1) is 16.6 Å². The van der Waals surface area contributed by atoms with E-state index in [0.29, 0.717) is 0 Å². The highest BCUT2D eigenvalue weighted by Gasteiger charge is 2.17. The van der Waals surface area contributed by atoms with Gasteiger partial charge in [-0.15, -0.1) is 0 Å². The van der Waals surface area contributed by atoms with Gasteiger partial charge in [0.15, 0.2) is 11.6 Å². The number of hydrogen-bond acceptors (Lipinski definition) is 1. The molecule has 0 saturated carbocycles. The van der Waals surface area contributed by atoms with Crippen LogP contribution < -0.4 is 0 Å². The van der Waals surface area contributed by atoms with Crippen LogP contribution in [0.4, 0.5) is 17.6 Å². The molecule has 0 radical (unpaired) electrons. The summed E-state index contributed by atoms with van der Waals surface area (Å²) in [6.45, 7) is 0. The molecule has 0 saturated heterocycles. The Morgan fingerprint density at radius 3 is 2.10 bits per heavy atom. The van der Waals surface area contributed by atoms with Crippen LogP contribution in [-0.2, 0) is 0 Å². The summed E-state index contributed by atoms with van der Waals surface area (Å²) in [5.41, 5.74) is -0.147. The second-order valence-electron chi connectivity index (χ2n) is 4.11. The summed E-state index contributed by atoms with van der Waals surface area (Å²) in [5, 5.41) is 0. The van der Waals surface area contributed by atoms with Gasteiger partial charge in [-0.1, -0.05) is 15.9 Å². The van der Waals surface area contributed by atoms with E-state index in [4.69, 9.17) is 0 Å². The van der Waals surface area contributed by atoms with Crippen LogP contribution in [0.2, 0.25) is 0 Å². The van der Waals surface area contributed by atoms with E-state index in [9.17, 15) is 17.6 Å². The van der Waals surface area contributed by atoms with Crippen LogP contribution in [0, 0.1) is 23.3 Å². The van der Waals surface area contributed by atoms with Crippen LogP contribution in [0.25, 0.3) is 22.4 Å². The third kappa shape index (κ3) is 2.07. The zero-order valence-corrected chi connectivity index (χ0v) is 11.2. The summed E-state index contributed by atoms with van der Waals surface area (Å²) >= 11 is 2.96. The zero-order chi connectivity index (χ0) is 14.4. The first-order valence-electron chi connectivity index (χ1n) is 5.45. The van der Waals surface area contributed by atoms with E-state index in [1.807, 2.05) is 0 Å². The lowest BCUT2D eigenvalue weighted by atomic mass is 10.2. The lowest BCUT2D eigenvalue weighted by Crippen LogP contribution is -1.92. The molecule has 0 aliphatic carbocycles. The fourth-order valence-corrected chi connectivity index (χ4v) is 2.29. The topological polar surface area (TPSA) is 28.7 Å². The van der Waals surface area contributed by atoms with Crippen molar-refractivity contribution in [3.05, 3.63) is 52.0 Å². The fraction of sp³-hybridized carbons (Fsp3) is 0. The van der Waals surface area contributed by atoms with Gasteiger partial charge in [0.2, 0.25) is 0 Å². The number of H-pyrrole nitrogens is 1. The molecule has 1 heterocycles. The molecule has 0 aliphatic rings. The maximum atomic E-state index is 13.8. The molecule has 1 N–H and O–H groups in total. The van der Waals surface area contributed by atoms with E-state index >= 15 is 0 Å². The molecule has 0 atom stereocenters. The van der Waals surface area contributed by atoms with Gasteiger partial charge >= 0.3 is 0 Å². The first kappa shape index (κ1) is 13.1. The molecular weight excluding hydrogens is 340 g/mol. The van der Waals surface area contributed by atoms with Crippen molar-refractivity contribution in [3.8, 4) is 11.4 Å². The number of nitrogens with one attached hydrogen (secondary N) is 1. The molecule has 0 spiro atoms. The van der Waals surface area contributed by atoms with Gasteiger partial charge in [0.1, 0.15) is 17.5 Å². The highest BCUT2D eigenvalue weighted by molar-refractivity contribution is 9.10. The van der Waals surface area contributed by atoms with Gasteiger partial charge in [-0.25, -0.2) is 22.5 Å². The van der Waals surface area contributed by atoms with Crippen LogP contribution in [0.1, 0.15) is 0 Å². The molecule has 1 aromatic heterocycles. The summed E-state index contributed by atoms with van der Waals surface area (Å²) in [4.78, 5) is 6.45. The van der Waals surface area contributed by atoms with E-state index in [1.54, 1.807) is 0 Å². The maximum absolute atomic E-state index is 13.8. The van der Waals surface area contributed by atoms with Crippen molar-refractivity contribution in [3.63, 3.8) is 0 Å². The summed E-state index contributed by atoms with van der Waals surface area (Å²) in [6, 6.07) is 3.90. The number of imidazole rings is 1. The molecule has 0 unspecified atom stereocenters. The number of aromatic nitrogens is 2. The molecule has 7 heteroatoms. The average Bonchev–Trinajstić information content (AvgIpc) is 2.70. The molecule has 0 aliphatic heterocycles. The second kappa shape index (κ2) is 4.59. The average molecular weight is 345 g/mol.